The molecule has 2 fully saturated rings. The summed E-state index contributed by atoms with van der Waals surface area (Å²) in [6.07, 6.45) is 3.54. The van der Waals surface area contributed by atoms with Crippen molar-refractivity contribution in [2.75, 3.05) is 45.7 Å². The number of rotatable bonds is 5. The fraction of sp³-hybridized carbons (Fsp3) is 0.786. The molecule has 20 heavy (non-hydrogen) atoms. The molecule has 0 saturated carbocycles. The Labute approximate surface area is 124 Å². The Hall–Kier alpha value is -0.720. The molecule has 5 nitrogen and oxygen atoms in total. The lowest BCUT2D eigenvalue weighted by Gasteiger charge is -2.47. The molecule has 1 unspecified atom stereocenters. The quantitative estimate of drug-likeness (QED) is 0.754. The molecule has 0 aromatic carbocycles. The maximum atomic E-state index is 12.2. The molecule has 0 aromatic rings. The third-order valence-corrected chi connectivity index (χ3v) is 5.79. The molecule has 0 radical (unpaired) electrons. The molecule has 112 valence electrons. The average molecular weight is 298 g/mol. The van der Waals surface area contributed by atoms with Gasteiger partial charge in [-0.3, -0.25) is 4.79 Å². The van der Waals surface area contributed by atoms with Crippen LogP contribution < -0.4 is 5.32 Å². The van der Waals surface area contributed by atoms with E-state index in [-0.39, 0.29) is 5.91 Å². The van der Waals surface area contributed by atoms with Crippen molar-refractivity contribution in [2.24, 2.45) is 0 Å². The molecule has 6 heteroatoms. The second-order valence-corrected chi connectivity index (χ2v) is 7.26. The summed E-state index contributed by atoms with van der Waals surface area (Å²) in [5.74, 6) is 1.31. The molecule has 0 aromatic heterocycles. The predicted octanol–water partition coefficient (Wildman–Crippen LogP) is 0.613. The zero-order valence-corrected chi connectivity index (χ0v) is 12.7. The van der Waals surface area contributed by atoms with Crippen molar-refractivity contribution in [1.82, 2.24) is 10.2 Å². The first-order valence-corrected chi connectivity index (χ1v) is 8.17. The number of methoxy groups -OCH3 is 1. The van der Waals surface area contributed by atoms with Crippen LogP contribution in [0.1, 0.15) is 12.8 Å². The zero-order valence-electron chi connectivity index (χ0n) is 11.9. The minimum absolute atomic E-state index is 0.171. The lowest BCUT2D eigenvalue weighted by molar-refractivity contribution is -0.132. The van der Waals surface area contributed by atoms with Gasteiger partial charge in [0.05, 0.1) is 29.8 Å². The van der Waals surface area contributed by atoms with E-state index in [9.17, 15) is 4.79 Å². The number of nitrogens with one attached hydrogen (secondary N) is 1. The van der Waals surface area contributed by atoms with E-state index in [0.717, 1.165) is 50.4 Å². The Kier molecular flexibility index (Phi) is 4.23. The zero-order chi connectivity index (χ0) is 14.0. The van der Waals surface area contributed by atoms with E-state index in [1.807, 2.05) is 16.7 Å². The van der Waals surface area contributed by atoms with E-state index >= 15 is 0 Å². The molecular weight excluding hydrogens is 276 g/mol. The minimum atomic E-state index is 0.171. The second-order valence-electron chi connectivity index (χ2n) is 5.77. The van der Waals surface area contributed by atoms with Crippen LogP contribution in [0, 0.1) is 0 Å². The molecule has 1 N–H and O–H groups in total. The number of thioether (sulfide) groups is 1. The normalized spacial score (nSPS) is 27.4. The van der Waals surface area contributed by atoms with Gasteiger partial charge in [0.25, 0.3) is 5.91 Å². The van der Waals surface area contributed by atoms with Crippen LogP contribution in [0.5, 0.6) is 0 Å². The van der Waals surface area contributed by atoms with Crippen molar-refractivity contribution in [1.29, 1.82) is 0 Å². The molecule has 0 aliphatic carbocycles. The van der Waals surface area contributed by atoms with Gasteiger partial charge >= 0.3 is 0 Å². The molecule has 1 atom stereocenters. The number of hydrogen-bond acceptors (Lipinski definition) is 5. The van der Waals surface area contributed by atoms with E-state index in [0.29, 0.717) is 17.4 Å². The van der Waals surface area contributed by atoms with Gasteiger partial charge in [-0.25, -0.2) is 0 Å². The Morgan fingerprint density at radius 2 is 2.50 bits per heavy atom. The molecule has 3 rings (SSSR count). The van der Waals surface area contributed by atoms with Gasteiger partial charge in [0, 0.05) is 45.0 Å². The number of hydrogen-bond donors (Lipinski definition) is 1. The van der Waals surface area contributed by atoms with Gasteiger partial charge in [-0.1, -0.05) is 0 Å². The minimum Gasteiger partial charge on any atom is -0.500 e. The van der Waals surface area contributed by atoms with E-state index in [4.69, 9.17) is 9.47 Å². The Morgan fingerprint density at radius 1 is 1.65 bits per heavy atom. The van der Waals surface area contributed by atoms with Crippen LogP contribution in [0.2, 0.25) is 0 Å². The van der Waals surface area contributed by atoms with Gasteiger partial charge in [0.15, 0.2) is 0 Å². The first kappa shape index (κ1) is 14.2. The Bertz CT molecular complexity index is 407. The van der Waals surface area contributed by atoms with Crippen LogP contribution in [0.15, 0.2) is 11.8 Å². The summed E-state index contributed by atoms with van der Waals surface area (Å²) in [4.78, 5) is 14.2. The highest BCUT2D eigenvalue weighted by Gasteiger charge is 2.50. The standard InChI is InChI=1S/C14H22N2O3S/c1-18-5-3-15-12-6-14(20-8-12)9-16(10-14)13(17)11-2-4-19-7-11/h7,12,15H,2-6,8-10H2,1H3. The molecule has 2 saturated heterocycles. The first-order valence-electron chi connectivity index (χ1n) is 7.19. The van der Waals surface area contributed by atoms with Crippen LogP contribution in [0.4, 0.5) is 0 Å². The van der Waals surface area contributed by atoms with Crippen LogP contribution in [-0.4, -0.2) is 67.3 Å². The summed E-state index contributed by atoms with van der Waals surface area (Å²) in [6.45, 7) is 4.09. The number of ether oxygens (including phenoxy) is 2. The van der Waals surface area contributed by atoms with Crippen molar-refractivity contribution in [3.8, 4) is 0 Å². The van der Waals surface area contributed by atoms with Crippen molar-refractivity contribution < 1.29 is 14.3 Å². The summed E-state index contributed by atoms with van der Waals surface area (Å²) < 4.78 is 10.5. The number of amides is 1. The van der Waals surface area contributed by atoms with E-state index in [1.54, 1.807) is 13.4 Å². The highest BCUT2D eigenvalue weighted by atomic mass is 32.2. The van der Waals surface area contributed by atoms with Crippen LogP contribution in [-0.2, 0) is 14.3 Å². The number of nitrogens with zero attached hydrogens (tertiary/aromatic N) is 1. The smallest absolute Gasteiger partial charge is 0.253 e. The maximum absolute atomic E-state index is 12.2. The highest BCUT2D eigenvalue weighted by Crippen LogP contribution is 2.45. The van der Waals surface area contributed by atoms with Gasteiger partial charge in [-0.05, 0) is 6.42 Å². The number of carbonyl (C=O) groups is 1. The first-order chi connectivity index (χ1) is 9.72. The Morgan fingerprint density at radius 3 is 3.20 bits per heavy atom. The monoisotopic (exact) mass is 298 g/mol. The van der Waals surface area contributed by atoms with Crippen LogP contribution >= 0.6 is 11.8 Å². The largest absolute Gasteiger partial charge is 0.500 e. The van der Waals surface area contributed by atoms with Gasteiger partial charge in [-0.2, -0.15) is 0 Å². The van der Waals surface area contributed by atoms with Crippen molar-refractivity contribution in [2.45, 2.75) is 23.6 Å². The van der Waals surface area contributed by atoms with Crippen LogP contribution in [0.25, 0.3) is 0 Å². The molecule has 3 aliphatic heterocycles. The highest BCUT2D eigenvalue weighted by molar-refractivity contribution is 8.01. The summed E-state index contributed by atoms with van der Waals surface area (Å²) in [5, 5.41) is 3.52. The summed E-state index contributed by atoms with van der Waals surface area (Å²) in [5.41, 5.74) is 0.831. The van der Waals surface area contributed by atoms with E-state index < -0.39 is 0 Å². The lowest BCUT2D eigenvalue weighted by Crippen LogP contribution is -2.61. The van der Waals surface area contributed by atoms with E-state index in [1.165, 1.54) is 0 Å². The molecule has 1 amide bonds. The van der Waals surface area contributed by atoms with Crippen molar-refractivity contribution >= 4 is 17.7 Å². The van der Waals surface area contributed by atoms with Crippen molar-refractivity contribution in [3.05, 3.63) is 11.8 Å². The molecule has 3 aliphatic rings. The van der Waals surface area contributed by atoms with E-state index in [2.05, 4.69) is 5.32 Å². The fourth-order valence-corrected chi connectivity index (χ4v) is 4.71. The third kappa shape index (κ3) is 2.82. The van der Waals surface area contributed by atoms with Gasteiger partial charge < -0.3 is 19.7 Å². The number of likely N-dealkylation sites (tertiary alicyclic amines) is 1. The molecule has 0 bridgehead atoms. The van der Waals surface area contributed by atoms with Crippen LogP contribution in [0.3, 0.4) is 0 Å². The molecule has 1 spiro atoms. The summed E-state index contributed by atoms with van der Waals surface area (Å²) in [7, 11) is 1.73. The van der Waals surface area contributed by atoms with Gasteiger partial charge in [0.2, 0.25) is 0 Å². The maximum Gasteiger partial charge on any atom is 0.253 e. The summed E-state index contributed by atoms with van der Waals surface area (Å²) in [6, 6.07) is 0.557. The Balaban J connectivity index is 1.44. The second kappa shape index (κ2) is 5.95. The fourth-order valence-electron chi connectivity index (χ4n) is 3.10. The predicted molar refractivity (Wildman–Crippen MR) is 78.7 cm³/mol. The number of carbonyl (C=O) groups excluding carboxylic acids is 1. The molecule has 3 heterocycles. The molecular formula is C14H22N2O3S. The van der Waals surface area contributed by atoms with Gasteiger partial charge in [-0.15, -0.1) is 11.8 Å². The van der Waals surface area contributed by atoms with Crippen molar-refractivity contribution in [3.63, 3.8) is 0 Å². The third-order valence-electron chi connectivity index (χ3n) is 4.18. The SMILES string of the molecule is COCCNC1CSC2(C1)CN(C(=O)C1=COCC1)C2. The lowest BCUT2D eigenvalue weighted by atomic mass is 9.91. The average Bonchev–Trinajstić information content (AvgIpc) is 3.06. The van der Waals surface area contributed by atoms with Gasteiger partial charge in [0.1, 0.15) is 0 Å². The summed E-state index contributed by atoms with van der Waals surface area (Å²) >= 11 is 2.01. The topological polar surface area (TPSA) is 50.8 Å².